The molecule has 156 valence electrons. The predicted octanol–water partition coefficient (Wildman–Crippen LogP) is 7.90. The minimum absolute atomic E-state index is 0. The standard InChI is InChI=1S/2C9H7.C6H5.C2H5.2ClH.Si.Zr/c2*1-2-5-9-7-3-6-8(9)4-1;1-2-4-6-5-3-1;1-2;;;;/h2*1-7H;1-5H;1H2,2H3;2*1H;;/q4*-1;;;;. The first kappa shape index (κ1) is 30.8. The predicted molar refractivity (Wildman–Crippen MR) is 136 cm³/mol. The molecule has 0 N–H and O–H groups in total. The fourth-order valence-electron chi connectivity index (χ4n) is 2.48. The van der Waals surface area contributed by atoms with Crippen molar-refractivity contribution in [1.29, 1.82) is 0 Å². The Bertz CT molecular complexity index is 840. The Kier molecular flexibility index (Phi) is 21.3. The zero-order chi connectivity index (χ0) is 20.5. The zero-order valence-electron chi connectivity index (χ0n) is 17.0. The molecule has 0 aliphatic carbocycles. The number of benzene rings is 3. The van der Waals surface area contributed by atoms with Crippen molar-refractivity contribution in [2.45, 2.75) is 6.92 Å². The monoisotopic (exact) mass is 526 g/mol. The van der Waals surface area contributed by atoms with E-state index in [9.17, 15) is 0 Å². The summed E-state index contributed by atoms with van der Waals surface area (Å²) in [4.78, 5) is 0. The Hall–Kier alpha value is -1.44. The minimum atomic E-state index is 0. The van der Waals surface area contributed by atoms with Gasteiger partial charge in [-0.2, -0.15) is 78.4 Å². The van der Waals surface area contributed by atoms with Crippen LogP contribution in [0.5, 0.6) is 0 Å². The summed E-state index contributed by atoms with van der Waals surface area (Å²) in [5.74, 6) is 0. The van der Waals surface area contributed by atoms with Gasteiger partial charge >= 0.3 is 30.2 Å². The van der Waals surface area contributed by atoms with Crippen LogP contribution in [-0.2, 0) is 23.3 Å². The molecule has 0 aliphatic rings. The summed E-state index contributed by atoms with van der Waals surface area (Å²) in [7, 11) is 0. The molecular formula is C26H26Cl2SiZr-4. The first-order valence-corrected chi connectivity index (χ1v) is 13.2. The molecule has 30 heavy (non-hydrogen) atoms. The Morgan fingerprint density at radius 2 is 1.03 bits per heavy atom. The van der Waals surface area contributed by atoms with Gasteiger partial charge in [0.2, 0.25) is 0 Å². The van der Waals surface area contributed by atoms with Crippen LogP contribution in [0.2, 0.25) is 0 Å². The molecular weight excluding hydrogens is 503 g/mol. The van der Waals surface area contributed by atoms with Crippen LogP contribution in [-0.4, -0.2) is 6.88 Å². The van der Waals surface area contributed by atoms with Crippen molar-refractivity contribution in [3.63, 3.8) is 0 Å². The van der Waals surface area contributed by atoms with Crippen LogP contribution >= 0.6 is 24.8 Å². The molecule has 0 heterocycles. The van der Waals surface area contributed by atoms with Crippen molar-refractivity contribution in [1.82, 2.24) is 0 Å². The molecule has 0 saturated carbocycles. The smallest absolute Gasteiger partial charge is 0.0809 e. The van der Waals surface area contributed by atoms with Crippen LogP contribution in [0.25, 0.3) is 21.5 Å². The van der Waals surface area contributed by atoms with Crippen molar-refractivity contribution >= 4 is 53.2 Å². The number of hydrogen-bond donors (Lipinski definition) is 0. The summed E-state index contributed by atoms with van der Waals surface area (Å²) < 4.78 is 0. The average Bonchev–Trinajstić information content (AvgIpc) is 3.48. The third-order valence-electron chi connectivity index (χ3n) is 3.70. The Balaban J connectivity index is 0. The molecule has 5 aromatic carbocycles. The Morgan fingerprint density at radius 1 is 0.633 bits per heavy atom. The van der Waals surface area contributed by atoms with E-state index >= 15 is 0 Å². The summed E-state index contributed by atoms with van der Waals surface area (Å²) >= 11 is 1.36. The molecule has 0 fully saturated rings. The van der Waals surface area contributed by atoms with Gasteiger partial charge in [-0.15, -0.1) is 84.1 Å². The van der Waals surface area contributed by atoms with Crippen molar-refractivity contribution in [3.8, 4) is 0 Å². The fourth-order valence-corrected chi connectivity index (χ4v) is 2.48. The van der Waals surface area contributed by atoms with Crippen molar-refractivity contribution in [3.05, 3.63) is 128 Å². The van der Waals surface area contributed by atoms with E-state index < -0.39 is 0 Å². The molecule has 5 rings (SSSR count). The van der Waals surface area contributed by atoms with Gasteiger partial charge in [0, 0.05) is 0 Å². The topological polar surface area (TPSA) is 0 Å². The number of fused-ring (bicyclic) bond motifs is 2. The molecule has 0 bridgehead atoms. The SMILES string of the molecule is Cl.Cl.[CH2-]C.[Si]=[Zr].[c-]1ccccc1.c1ccc2[cH-]ccc2c1.c1ccc2[cH-]ccc2c1. The quantitative estimate of drug-likeness (QED) is 0.142. The van der Waals surface area contributed by atoms with Crippen molar-refractivity contribution in [2.24, 2.45) is 0 Å². The second kappa shape index (κ2) is 20.8. The summed E-state index contributed by atoms with van der Waals surface area (Å²) in [6, 6.07) is 41.8. The molecule has 5 aromatic rings. The summed E-state index contributed by atoms with van der Waals surface area (Å²) in [5, 5.41) is 5.32. The molecule has 0 saturated heterocycles. The van der Waals surface area contributed by atoms with E-state index in [0.717, 1.165) is 0 Å². The minimum Gasteiger partial charge on any atom is -0.184 e. The summed E-state index contributed by atoms with van der Waals surface area (Å²) in [6.07, 6.45) is 0. The van der Waals surface area contributed by atoms with Gasteiger partial charge < -0.3 is 6.92 Å². The van der Waals surface area contributed by atoms with Gasteiger partial charge in [-0.3, -0.25) is 0 Å². The van der Waals surface area contributed by atoms with Crippen LogP contribution in [0.3, 0.4) is 0 Å². The van der Waals surface area contributed by atoms with Gasteiger partial charge in [-0.05, 0) is 0 Å². The normalized spacial score (nSPS) is 8.03. The molecule has 2 radical (unpaired) electrons. The summed E-state index contributed by atoms with van der Waals surface area (Å²) in [5.41, 5.74) is 0. The van der Waals surface area contributed by atoms with E-state index in [1.807, 2.05) is 30.3 Å². The van der Waals surface area contributed by atoms with E-state index in [-0.39, 0.29) is 24.8 Å². The Morgan fingerprint density at radius 3 is 1.33 bits per heavy atom. The molecule has 0 aliphatic heterocycles. The molecule has 0 spiro atoms. The van der Waals surface area contributed by atoms with E-state index in [0.29, 0.717) is 0 Å². The van der Waals surface area contributed by atoms with Gasteiger partial charge in [0.25, 0.3) is 0 Å². The number of halogens is 2. The fraction of sp³-hybridized carbons (Fsp3) is 0.0385. The average molecular weight is 529 g/mol. The van der Waals surface area contributed by atoms with Gasteiger partial charge in [0.1, 0.15) is 0 Å². The molecule has 0 nitrogen and oxygen atoms in total. The van der Waals surface area contributed by atoms with E-state index in [4.69, 9.17) is 0 Å². The number of rotatable bonds is 0. The van der Waals surface area contributed by atoms with Crippen molar-refractivity contribution in [2.75, 3.05) is 0 Å². The van der Waals surface area contributed by atoms with Crippen molar-refractivity contribution < 1.29 is 23.3 Å². The van der Waals surface area contributed by atoms with Crippen LogP contribution in [0.4, 0.5) is 0 Å². The second-order valence-electron chi connectivity index (χ2n) is 5.39. The maximum absolute atomic E-state index is 3.25. The molecule has 0 aromatic heterocycles. The first-order valence-electron chi connectivity index (χ1n) is 9.01. The third-order valence-corrected chi connectivity index (χ3v) is 3.70. The van der Waals surface area contributed by atoms with Gasteiger partial charge in [-0.25, -0.2) is 0 Å². The maximum atomic E-state index is 3.25. The molecule has 4 heteroatoms. The zero-order valence-corrected chi connectivity index (χ0v) is 22.1. The largest absolute Gasteiger partial charge is 0.184 e. The van der Waals surface area contributed by atoms with E-state index in [2.05, 4.69) is 105 Å². The van der Waals surface area contributed by atoms with Crippen LogP contribution in [0.1, 0.15) is 6.92 Å². The van der Waals surface area contributed by atoms with E-state index in [1.54, 1.807) is 6.92 Å². The first-order chi connectivity index (χ1) is 13.9. The van der Waals surface area contributed by atoms with E-state index in [1.165, 1.54) is 44.9 Å². The molecule has 0 amide bonds. The van der Waals surface area contributed by atoms with Gasteiger partial charge in [0.05, 0.1) is 0 Å². The molecule has 0 atom stereocenters. The maximum Gasteiger partial charge on any atom is -0.0809 e. The third kappa shape index (κ3) is 11.7. The van der Waals surface area contributed by atoms with Crippen LogP contribution < -0.4 is 0 Å². The van der Waals surface area contributed by atoms with Crippen LogP contribution in [0, 0.1) is 13.0 Å². The Labute approximate surface area is 210 Å². The summed E-state index contributed by atoms with van der Waals surface area (Å²) in [6.45, 7) is 8.06. The van der Waals surface area contributed by atoms with Crippen LogP contribution in [0.15, 0.2) is 115 Å². The molecule has 0 unspecified atom stereocenters. The van der Waals surface area contributed by atoms with Gasteiger partial charge in [0.15, 0.2) is 0 Å². The van der Waals surface area contributed by atoms with Gasteiger partial charge in [-0.1, -0.05) is 12.1 Å². The second-order valence-corrected chi connectivity index (χ2v) is 5.39. The number of hydrogen-bond acceptors (Lipinski definition) is 0.